The van der Waals surface area contributed by atoms with Crippen molar-refractivity contribution in [2.45, 2.75) is 322 Å². The number of hydrogen-bond donors (Lipinski definition) is 0. The second kappa shape index (κ2) is 59.7. The van der Waals surface area contributed by atoms with Gasteiger partial charge >= 0.3 is 17.9 Å². The van der Waals surface area contributed by atoms with E-state index in [9.17, 15) is 14.4 Å². The molecule has 0 spiro atoms. The first-order chi connectivity index (χ1) is 35.0. The van der Waals surface area contributed by atoms with Crippen molar-refractivity contribution in [1.82, 2.24) is 0 Å². The third kappa shape index (κ3) is 57.9. The highest BCUT2D eigenvalue weighted by Gasteiger charge is 2.19. The molecule has 0 aliphatic carbocycles. The van der Waals surface area contributed by atoms with Gasteiger partial charge in [-0.2, -0.15) is 0 Å². The van der Waals surface area contributed by atoms with Gasteiger partial charge in [-0.05, 0) is 89.9 Å². The first kappa shape index (κ1) is 68.1. The van der Waals surface area contributed by atoms with E-state index in [-0.39, 0.29) is 31.1 Å². The van der Waals surface area contributed by atoms with Crippen LogP contribution >= 0.6 is 0 Å². The molecule has 0 saturated carbocycles. The van der Waals surface area contributed by atoms with Crippen molar-refractivity contribution in [2.24, 2.45) is 0 Å². The Balaban J connectivity index is 4.22. The number of carbonyl (C=O) groups excluding carboxylic acids is 3. The lowest BCUT2D eigenvalue weighted by Crippen LogP contribution is -2.30. The number of ether oxygens (including phenoxy) is 3. The van der Waals surface area contributed by atoms with Crippen LogP contribution in [0.3, 0.4) is 0 Å². The molecule has 6 heteroatoms. The quantitative estimate of drug-likeness (QED) is 0.0261. The van der Waals surface area contributed by atoms with Crippen LogP contribution in [0.5, 0.6) is 0 Å². The Hall–Kier alpha value is -2.89. The van der Waals surface area contributed by atoms with Gasteiger partial charge in [0.05, 0.1) is 0 Å². The van der Waals surface area contributed by atoms with E-state index in [2.05, 4.69) is 81.5 Å². The average molecular weight is 994 g/mol. The lowest BCUT2D eigenvalue weighted by Gasteiger charge is -2.18. The Labute approximate surface area is 440 Å². The second-order valence-corrected chi connectivity index (χ2v) is 20.6. The molecule has 412 valence electrons. The molecule has 0 aliphatic heterocycles. The van der Waals surface area contributed by atoms with Crippen molar-refractivity contribution in [3.8, 4) is 0 Å². The zero-order valence-corrected chi connectivity index (χ0v) is 47.2. The van der Waals surface area contributed by atoms with Crippen LogP contribution in [0.15, 0.2) is 60.8 Å². The maximum Gasteiger partial charge on any atom is 0.306 e. The highest BCUT2D eigenvalue weighted by atomic mass is 16.6. The lowest BCUT2D eigenvalue weighted by molar-refractivity contribution is -0.167. The molecule has 1 unspecified atom stereocenters. The third-order valence-electron chi connectivity index (χ3n) is 13.5. The molecule has 0 aromatic rings. The molecule has 0 saturated heterocycles. The summed E-state index contributed by atoms with van der Waals surface area (Å²) >= 11 is 0. The van der Waals surface area contributed by atoms with Gasteiger partial charge in [-0.1, -0.05) is 268 Å². The molecule has 0 amide bonds. The molecule has 0 aromatic carbocycles. The summed E-state index contributed by atoms with van der Waals surface area (Å²) in [6, 6.07) is 0. The van der Waals surface area contributed by atoms with Gasteiger partial charge in [0.15, 0.2) is 6.10 Å². The highest BCUT2D eigenvalue weighted by molar-refractivity contribution is 5.71. The van der Waals surface area contributed by atoms with Gasteiger partial charge < -0.3 is 14.2 Å². The number of unbranched alkanes of at least 4 members (excludes halogenated alkanes) is 35. The van der Waals surface area contributed by atoms with Crippen LogP contribution in [0.1, 0.15) is 316 Å². The molecule has 0 bridgehead atoms. The Kier molecular flexibility index (Phi) is 57.2. The lowest BCUT2D eigenvalue weighted by atomic mass is 10.0. The number of carbonyl (C=O) groups is 3. The van der Waals surface area contributed by atoms with Crippen molar-refractivity contribution in [3.63, 3.8) is 0 Å². The van der Waals surface area contributed by atoms with Crippen molar-refractivity contribution < 1.29 is 28.6 Å². The Morgan fingerprint density at radius 1 is 0.282 bits per heavy atom. The summed E-state index contributed by atoms with van der Waals surface area (Å²) in [6.07, 6.45) is 75.1. The zero-order valence-electron chi connectivity index (χ0n) is 47.2. The average Bonchev–Trinajstić information content (AvgIpc) is 3.37. The van der Waals surface area contributed by atoms with Gasteiger partial charge in [-0.15, -0.1) is 0 Å². The van der Waals surface area contributed by atoms with Crippen LogP contribution in [0.4, 0.5) is 0 Å². The zero-order chi connectivity index (χ0) is 51.4. The van der Waals surface area contributed by atoms with Crippen LogP contribution in [0, 0.1) is 0 Å². The number of allylic oxidation sites excluding steroid dienone is 10. The second-order valence-electron chi connectivity index (χ2n) is 20.6. The standard InChI is InChI=1S/C65H116O6/c1-4-7-10-13-16-19-22-24-26-27-28-29-30-31-32-33-34-35-36-37-39-40-43-46-49-52-55-58-64(67)70-61-62(60-69-63(66)57-54-51-48-45-42-21-18-15-12-9-6-3)71-65(68)59-56-53-50-47-44-41-38-25-23-20-17-14-11-8-5-2/h17,20,22,24-25,27-28,30-31,38,62H,4-16,18-19,21,23,26,29,32-37,39-61H2,1-3H3/b20-17-,24-22-,28-27-,31-30-,38-25-. The summed E-state index contributed by atoms with van der Waals surface area (Å²) < 4.78 is 16.9. The van der Waals surface area contributed by atoms with Gasteiger partial charge in [0.25, 0.3) is 0 Å². The Bertz CT molecular complexity index is 1280. The first-order valence-corrected chi connectivity index (χ1v) is 30.8. The maximum atomic E-state index is 12.8. The van der Waals surface area contributed by atoms with Crippen molar-refractivity contribution in [3.05, 3.63) is 60.8 Å². The van der Waals surface area contributed by atoms with Gasteiger partial charge in [0.1, 0.15) is 13.2 Å². The van der Waals surface area contributed by atoms with E-state index in [4.69, 9.17) is 14.2 Å². The van der Waals surface area contributed by atoms with E-state index in [1.807, 2.05) is 0 Å². The normalized spacial score (nSPS) is 12.4. The minimum absolute atomic E-state index is 0.0774. The monoisotopic (exact) mass is 993 g/mol. The van der Waals surface area contributed by atoms with E-state index in [0.29, 0.717) is 19.3 Å². The first-order valence-electron chi connectivity index (χ1n) is 30.8. The SMILES string of the molecule is CCCCC/C=C\C/C=C\CCCCCCCC(=O)OC(COC(=O)CCCCCCCCCCCCC)COC(=O)CCCCCCCCCCCCCC/C=C\C/C=C\C/C=C\CCCCCCC. The fourth-order valence-electron chi connectivity index (χ4n) is 8.83. The Morgan fingerprint density at radius 3 is 0.817 bits per heavy atom. The van der Waals surface area contributed by atoms with Crippen LogP contribution in [0.25, 0.3) is 0 Å². The molecular formula is C65H116O6. The number of hydrogen-bond acceptors (Lipinski definition) is 6. The molecule has 0 aromatic heterocycles. The minimum Gasteiger partial charge on any atom is -0.462 e. The van der Waals surface area contributed by atoms with Gasteiger partial charge in [-0.25, -0.2) is 0 Å². The van der Waals surface area contributed by atoms with Crippen LogP contribution < -0.4 is 0 Å². The molecule has 0 radical (unpaired) electrons. The summed E-state index contributed by atoms with van der Waals surface area (Å²) in [5, 5.41) is 0. The predicted octanol–water partition coefficient (Wildman–Crippen LogP) is 20.8. The summed E-state index contributed by atoms with van der Waals surface area (Å²) in [7, 11) is 0. The van der Waals surface area contributed by atoms with E-state index >= 15 is 0 Å². The molecule has 0 rings (SSSR count). The largest absolute Gasteiger partial charge is 0.462 e. The minimum atomic E-state index is -0.780. The van der Waals surface area contributed by atoms with Crippen LogP contribution in [-0.4, -0.2) is 37.2 Å². The van der Waals surface area contributed by atoms with Gasteiger partial charge in [0, 0.05) is 19.3 Å². The maximum absolute atomic E-state index is 12.8. The summed E-state index contributed by atoms with van der Waals surface area (Å²) in [5.74, 6) is -0.881. The summed E-state index contributed by atoms with van der Waals surface area (Å²) in [5.41, 5.74) is 0. The predicted molar refractivity (Wildman–Crippen MR) is 307 cm³/mol. The van der Waals surface area contributed by atoms with Crippen molar-refractivity contribution in [2.75, 3.05) is 13.2 Å². The molecule has 0 N–H and O–H groups in total. The molecular weight excluding hydrogens is 877 g/mol. The third-order valence-corrected chi connectivity index (χ3v) is 13.5. The fourth-order valence-corrected chi connectivity index (χ4v) is 8.83. The molecule has 71 heavy (non-hydrogen) atoms. The van der Waals surface area contributed by atoms with Crippen LogP contribution in [-0.2, 0) is 28.6 Å². The van der Waals surface area contributed by atoms with Gasteiger partial charge in [-0.3, -0.25) is 14.4 Å². The van der Waals surface area contributed by atoms with Crippen LogP contribution in [0.2, 0.25) is 0 Å². The molecule has 6 nitrogen and oxygen atoms in total. The van der Waals surface area contributed by atoms with E-state index in [1.54, 1.807) is 0 Å². The topological polar surface area (TPSA) is 78.9 Å². The van der Waals surface area contributed by atoms with Gasteiger partial charge in [0.2, 0.25) is 0 Å². The summed E-state index contributed by atoms with van der Waals surface area (Å²) in [4.78, 5) is 38.1. The fraction of sp³-hybridized carbons (Fsp3) is 0.800. The van der Waals surface area contributed by atoms with Crippen molar-refractivity contribution in [1.29, 1.82) is 0 Å². The van der Waals surface area contributed by atoms with E-state index < -0.39 is 6.10 Å². The van der Waals surface area contributed by atoms with E-state index in [1.165, 1.54) is 180 Å². The summed E-state index contributed by atoms with van der Waals surface area (Å²) in [6.45, 7) is 6.61. The van der Waals surface area contributed by atoms with Crippen molar-refractivity contribution >= 4 is 17.9 Å². The number of esters is 3. The Morgan fingerprint density at radius 2 is 0.507 bits per heavy atom. The molecule has 1 atom stereocenters. The molecule has 0 heterocycles. The smallest absolute Gasteiger partial charge is 0.306 e. The molecule has 0 aliphatic rings. The molecule has 0 fully saturated rings. The number of rotatable bonds is 56. The van der Waals surface area contributed by atoms with E-state index in [0.717, 1.165) is 96.3 Å². The highest BCUT2D eigenvalue weighted by Crippen LogP contribution is 2.16.